The molecule has 0 saturated carbocycles. The number of hydrogen-bond donors (Lipinski definition) is 0. The SMILES string of the molecule is C=C(C)CCOCCc1ccc(Cl)cc1. The lowest BCUT2D eigenvalue weighted by Crippen LogP contribution is -2.00. The number of halogens is 1. The van der Waals surface area contributed by atoms with Crippen LogP contribution < -0.4 is 0 Å². The second-order valence-electron chi connectivity index (χ2n) is 3.70. The van der Waals surface area contributed by atoms with Gasteiger partial charge in [-0.3, -0.25) is 0 Å². The standard InChI is InChI=1S/C13H17ClO/c1-11(2)7-9-15-10-8-12-3-5-13(14)6-4-12/h3-6H,1,7-10H2,2H3. The molecule has 1 aromatic rings. The highest BCUT2D eigenvalue weighted by atomic mass is 35.5. The molecule has 0 fully saturated rings. The Bertz CT molecular complexity index is 303. The van der Waals surface area contributed by atoms with Crippen molar-refractivity contribution in [2.45, 2.75) is 19.8 Å². The molecule has 0 aliphatic rings. The van der Waals surface area contributed by atoms with Crippen molar-refractivity contribution in [1.29, 1.82) is 0 Å². The Kier molecular flexibility index (Phi) is 5.44. The van der Waals surface area contributed by atoms with E-state index < -0.39 is 0 Å². The zero-order valence-electron chi connectivity index (χ0n) is 9.13. The molecule has 0 radical (unpaired) electrons. The Hall–Kier alpha value is -0.790. The summed E-state index contributed by atoms with van der Waals surface area (Å²) in [7, 11) is 0. The van der Waals surface area contributed by atoms with E-state index in [1.54, 1.807) is 0 Å². The van der Waals surface area contributed by atoms with Crippen molar-refractivity contribution in [1.82, 2.24) is 0 Å². The summed E-state index contributed by atoms with van der Waals surface area (Å²) in [4.78, 5) is 0. The lowest BCUT2D eigenvalue weighted by molar-refractivity contribution is 0.140. The molecule has 0 amide bonds. The summed E-state index contributed by atoms with van der Waals surface area (Å²) in [6.07, 6.45) is 1.88. The van der Waals surface area contributed by atoms with Crippen LogP contribution in [0.5, 0.6) is 0 Å². The van der Waals surface area contributed by atoms with Crippen LogP contribution in [0.4, 0.5) is 0 Å². The van der Waals surface area contributed by atoms with Gasteiger partial charge in [0, 0.05) is 5.02 Å². The van der Waals surface area contributed by atoms with E-state index in [-0.39, 0.29) is 0 Å². The average Bonchev–Trinajstić information content (AvgIpc) is 2.20. The second kappa shape index (κ2) is 6.65. The van der Waals surface area contributed by atoms with Crippen LogP contribution in [0, 0.1) is 0 Å². The van der Waals surface area contributed by atoms with Gasteiger partial charge in [-0.1, -0.05) is 29.3 Å². The molecule has 0 atom stereocenters. The Labute approximate surface area is 96.7 Å². The summed E-state index contributed by atoms with van der Waals surface area (Å²) in [5.74, 6) is 0. The Morgan fingerprint density at radius 1 is 1.27 bits per heavy atom. The fourth-order valence-corrected chi connectivity index (χ4v) is 1.32. The number of ether oxygens (including phenoxy) is 1. The molecule has 0 unspecified atom stereocenters. The third kappa shape index (κ3) is 5.60. The van der Waals surface area contributed by atoms with Gasteiger partial charge in [-0.05, 0) is 37.5 Å². The molecule has 0 saturated heterocycles. The smallest absolute Gasteiger partial charge is 0.0506 e. The maximum absolute atomic E-state index is 5.79. The van der Waals surface area contributed by atoms with Gasteiger partial charge in [-0.2, -0.15) is 0 Å². The molecule has 2 heteroatoms. The fourth-order valence-electron chi connectivity index (χ4n) is 1.19. The number of rotatable bonds is 6. The van der Waals surface area contributed by atoms with E-state index in [2.05, 4.69) is 6.58 Å². The average molecular weight is 225 g/mol. The third-order valence-electron chi connectivity index (χ3n) is 2.12. The van der Waals surface area contributed by atoms with Gasteiger partial charge in [-0.15, -0.1) is 6.58 Å². The van der Waals surface area contributed by atoms with E-state index in [0.717, 1.165) is 31.1 Å². The van der Waals surface area contributed by atoms with E-state index in [1.165, 1.54) is 11.1 Å². The molecule has 0 aliphatic heterocycles. The zero-order valence-corrected chi connectivity index (χ0v) is 9.89. The van der Waals surface area contributed by atoms with Gasteiger partial charge in [0.15, 0.2) is 0 Å². The molecule has 1 rings (SSSR count). The normalized spacial score (nSPS) is 10.3. The number of benzene rings is 1. The van der Waals surface area contributed by atoms with E-state index >= 15 is 0 Å². The van der Waals surface area contributed by atoms with Crippen LogP contribution in [0.15, 0.2) is 36.4 Å². The molecule has 0 aromatic heterocycles. The van der Waals surface area contributed by atoms with E-state index in [4.69, 9.17) is 16.3 Å². The molecule has 15 heavy (non-hydrogen) atoms. The van der Waals surface area contributed by atoms with Crippen molar-refractivity contribution in [2.75, 3.05) is 13.2 Å². The van der Waals surface area contributed by atoms with Crippen LogP contribution in [0.25, 0.3) is 0 Å². The quantitative estimate of drug-likeness (QED) is 0.527. The minimum atomic E-state index is 0.759. The van der Waals surface area contributed by atoms with Crippen LogP contribution >= 0.6 is 11.6 Å². The minimum Gasteiger partial charge on any atom is -0.381 e. The molecule has 1 aromatic carbocycles. The molecule has 0 aliphatic carbocycles. The lowest BCUT2D eigenvalue weighted by Gasteiger charge is -2.04. The summed E-state index contributed by atoms with van der Waals surface area (Å²) in [5.41, 5.74) is 2.43. The second-order valence-corrected chi connectivity index (χ2v) is 4.13. The molecular formula is C13H17ClO. The van der Waals surface area contributed by atoms with Crippen LogP contribution in [0.3, 0.4) is 0 Å². The molecule has 0 heterocycles. The van der Waals surface area contributed by atoms with Crippen molar-refractivity contribution in [3.8, 4) is 0 Å². The van der Waals surface area contributed by atoms with Crippen LogP contribution in [-0.4, -0.2) is 13.2 Å². The highest BCUT2D eigenvalue weighted by molar-refractivity contribution is 6.30. The van der Waals surface area contributed by atoms with Gasteiger partial charge in [0.25, 0.3) is 0 Å². The number of hydrogen-bond acceptors (Lipinski definition) is 1. The Morgan fingerprint density at radius 2 is 1.93 bits per heavy atom. The van der Waals surface area contributed by atoms with Crippen molar-refractivity contribution in [2.24, 2.45) is 0 Å². The maximum atomic E-state index is 5.79. The first-order valence-electron chi connectivity index (χ1n) is 5.15. The van der Waals surface area contributed by atoms with Gasteiger partial charge in [0.1, 0.15) is 0 Å². The summed E-state index contributed by atoms with van der Waals surface area (Å²) in [6, 6.07) is 7.88. The maximum Gasteiger partial charge on any atom is 0.0506 e. The summed E-state index contributed by atoms with van der Waals surface area (Å²) in [6.45, 7) is 7.37. The van der Waals surface area contributed by atoms with Gasteiger partial charge in [0.2, 0.25) is 0 Å². The topological polar surface area (TPSA) is 9.23 Å². The monoisotopic (exact) mass is 224 g/mol. The van der Waals surface area contributed by atoms with Crippen molar-refractivity contribution in [3.63, 3.8) is 0 Å². The summed E-state index contributed by atoms with van der Waals surface area (Å²) in [5, 5.41) is 0.780. The van der Waals surface area contributed by atoms with Crippen LogP contribution in [0.2, 0.25) is 5.02 Å². The Balaban J connectivity index is 2.15. The van der Waals surface area contributed by atoms with Crippen molar-refractivity contribution < 1.29 is 4.74 Å². The van der Waals surface area contributed by atoms with Gasteiger partial charge in [0.05, 0.1) is 13.2 Å². The van der Waals surface area contributed by atoms with Gasteiger partial charge in [-0.25, -0.2) is 0 Å². The predicted molar refractivity (Wildman–Crippen MR) is 65.4 cm³/mol. The highest BCUT2D eigenvalue weighted by Crippen LogP contribution is 2.09. The first kappa shape index (κ1) is 12.3. The van der Waals surface area contributed by atoms with E-state index in [9.17, 15) is 0 Å². The largest absolute Gasteiger partial charge is 0.381 e. The van der Waals surface area contributed by atoms with E-state index in [0.29, 0.717) is 0 Å². The first-order chi connectivity index (χ1) is 7.18. The zero-order chi connectivity index (χ0) is 11.1. The van der Waals surface area contributed by atoms with Crippen LogP contribution in [-0.2, 0) is 11.2 Å². The first-order valence-corrected chi connectivity index (χ1v) is 5.53. The summed E-state index contributed by atoms with van der Waals surface area (Å²) < 4.78 is 5.48. The molecule has 82 valence electrons. The van der Waals surface area contributed by atoms with Crippen molar-refractivity contribution >= 4 is 11.6 Å². The highest BCUT2D eigenvalue weighted by Gasteiger charge is 1.94. The molecule has 0 N–H and O–H groups in total. The van der Waals surface area contributed by atoms with Gasteiger partial charge < -0.3 is 4.74 Å². The van der Waals surface area contributed by atoms with Crippen LogP contribution in [0.1, 0.15) is 18.9 Å². The fraction of sp³-hybridized carbons (Fsp3) is 0.385. The molecular weight excluding hydrogens is 208 g/mol. The summed E-state index contributed by atoms with van der Waals surface area (Å²) >= 11 is 5.79. The van der Waals surface area contributed by atoms with E-state index in [1.807, 2.05) is 31.2 Å². The Morgan fingerprint density at radius 3 is 2.53 bits per heavy atom. The third-order valence-corrected chi connectivity index (χ3v) is 2.37. The minimum absolute atomic E-state index is 0.759. The molecule has 1 nitrogen and oxygen atoms in total. The molecule has 0 spiro atoms. The molecule has 0 bridgehead atoms. The predicted octanol–water partition coefficient (Wildman–Crippen LogP) is 3.87. The lowest BCUT2D eigenvalue weighted by atomic mass is 10.2. The van der Waals surface area contributed by atoms with Gasteiger partial charge >= 0.3 is 0 Å². The van der Waals surface area contributed by atoms with Crippen molar-refractivity contribution in [3.05, 3.63) is 47.0 Å².